The molecule has 4 nitrogen and oxygen atoms in total. The summed E-state index contributed by atoms with van der Waals surface area (Å²) in [6.07, 6.45) is 0. The number of rotatable bonds is 5. The molecule has 0 fully saturated rings. The molecule has 2 aromatic rings. The smallest absolute Gasteiger partial charge is 0.253 e. The SMILES string of the molecule is CNCCNC(=O)c1cc(C)n(-c2ccc(F)cc2)c1C.Cl. The van der Waals surface area contributed by atoms with E-state index in [1.165, 1.54) is 12.1 Å². The van der Waals surface area contributed by atoms with Gasteiger partial charge < -0.3 is 15.2 Å². The fourth-order valence-electron chi connectivity index (χ4n) is 2.38. The Bertz CT molecular complexity index is 638. The summed E-state index contributed by atoms with van der Waals surface area (Å²) in [5.74, 6) is -0.363. The van der Waals surface area contributed by atoms with Crippen LogP contribution < -0.4 is 10.6 Å². The molecule has 0 aliphatic heterocycles. The Balaban J connectivity index is 0.00000242. The number of carbonyl (C=O) groups excluding carboxylic acids is 1. The van der Waals surface area contributed by atoms with E-state index >= 15 is 0 Å². The number of aromatic nitrogens is 1. The lowest BCUT2D eigenvalue weighted by atomic mass is 10.2. The molecule has 22 heavy (non-hydrogen) atoms. The van der Waals surface area contributed by atoms with Crippen LogP contribution in [0.3, 0.4) is 0 Å². The van der Waals surface area contributed by atoms with Crippen LogP contribution in [0.4, 0.5) is 4.39 Å². The number of aryl methyl sites for hydroxylation is 1. The third-order valence-electron chi connectivity index (χ3n) is 3.42. The Morgan fingerprint density at radius 2 is 1.82 bits per heavy atom. The van der Waals surface area contributed by atoms with Crippen molar-refractivity contribution in [3.05, 3.63) is 53.1 Å². The lowest BCUT2D eigenvalue weighted by molar-refractivity contribution is 0.0953. The topological polar surface area (TPSA) is 46.1 Å². The van der Waals surface area contributed by atoms with Crippen LogP contribution in [0.2, 0.25) is 0 Å². The number of carbonyl (C=O) groups is 1. The first-order valence-electron chi connectivity index (χ1n) is 6.92. The van der Waals surface area contributed by atoms with E-state index in [1.54, 1.807) is 12.1 Å². The molecule has 2 N–H and O–H groups in total. The summed E-state index contributed by atoms with van der Waals surface area (Å²) in [4.78, 5) is 12.2. The van der Waals surface area contributed by atoms with Gasteiger partial charge in [0.25, 0.3) is 5.91 Å². The highest BCUT2D eigenvalue weighted by Crippen LogP contribution is 2.21. The van der Waals surface area contributed by atoms with Crippen molar-refractivity contribution in [3.63, 3.8) is 0 Å². The minimum atomic E-state index is -0.272. The first kappa shape index (κ1) is 18.2. The van der Waals surface area contributed by atoms with Crippen molar-refractivity contribution in [2.45, 2.75) is 13.8 Å². The fraction of sp³-hybridized carbons (Fsp3) is 0.312. The lowest BCUT2D eigenvalue weighted by Gasteiger charge is -2.10. The van der Waals surface area contributed by atoms with E-state index in [-0.39, 0.29) is 24.1 Å². The summed E-state index contributed by atoms with van der Waals surface area (Å²) in [5.41, 5.74) is 3.28. The highest BCUT2D eigenvalue weighted by molar-refractivity contribution is 5.95. The highest BCUT2D eigenvalue weighted by atomic mass is 35.5. The zero-order valence-corrected chi connectivity index (χ0v) is 13.8. The van der Waals surface area contributed by atoms with Crippen LogP contribution in [0.15, 0.2) is 30.3 Å². The zero-order valence-electron chi connectivity index (χ0n) is 12.9. The van der Waals surface area contributed by atoms with Gasteiger partial charge in [0.05, 0.1) is 5.56 Å². The molecule has 1 aromatic heterocycles. The summed E-state index contributed by atoms with van der Waals surface area (Å²) < 4.78 is 15.0. The van der Waals surface area contributed by atoms with E-state index in [0.717, 1.165) is 23.6 Å². The maximum Gasteiger partial charge on any atom is 0.253 e. The first-order valence-corrected chi connectivity index (χ1v) is 6.92. The Labute approximate surface area is 136 Å². The maximum atomic E-state index is 13.0. The molecule has 120 valence electrons. The van der Waals surface area contributed by atoms with E-state index < -0.39 is 0 Å². The van der Waals surface area contributed by atoms with E-state index in [1.807, 2.05) is 31.5 Å². The molecule has 0 saturated carbocycles. The summed E-state index contributed by atoms with van der Waals surface area (Å²) >= 11 is 0. The minimum Gasteiger partial charge on any atom is -0.351 e. The molecule has 1 amide bonds. The van der Waals surface area contributed by atoms with Crippen LogP contribution in [0.1, 0.15) is 21.7 Å². The van der Waals surface area contributed by atoms with Gasteiger partial charge in [0.1, 0.15) is 5.82 Å². The van der Waals surface area contributed by atoms with Crippen LogP contribution in [-0.2, 0) is 0 Å². The van der Waals surface area contributed by atoms with Gasteiger partial charge >= 0.3 is 0 Å². The monoisotopic (exact) mass is 325 g/mol. The van der Waals surface area contributed by atoms with Gasteiger partial charge in [-0.05, 0) is 51.2 Å². The lowest BCUT2D eigenvalue weighted by Crippen LogP contribution is -2.30. The zero-order chi connectivity index (χ0) is 15.4. The first-order chi connectivity index (χ1) is 10.0. The largest absolute Gasteiger partial charge is 0.351 e. The molecule has 0 aliphatic carbocycles. The highest BCUT2D eigenvalue weighted by Gasteiger charge is 2.16. The minimum absolute atomic E-state index is 0. The van der Waals surface area contributed by atoms with Crippen molar-refractivity contribution >= 4 is 18.3 Å². The number of benzene rings is 1. The van der Waals surface area contributed by atoms with Crippen LogP contribution in [0, 0.1) is 19.7 Å². The average molecular weight is 326 g/mol. The molecule has 0 spiro atoms. The van der Waals surface area contributed by atoms with Crippen LogP contribution in [0.25, 0.3) is 5.69 Å². The van der Waals surface area contributed by atoms with Gasteiger partial charge in [0.15, 0.2) is 0 Å². The third kappa shape index (κ3) is 3.87. The molecule has 0 unspecified atom stereocenters. The van der Waals surface area contributed by atoms with Gasteiger partial charge in [-0.15, -0.1) is 12.4 Å². The van der Waals surface area contributed by atoms with Crippen molar-refractivity contribution < 1.29 is 9.18 Å². The van der Waals surface area contributed by atoms with E-state index in [2.05, 4.69) is 10.6 Å². The summed E-state index contributed by atoms with van der Waals surface area (Å²) in [5, 5.41) is 5.85. The average Bonchev–Trinajstić information content (AvgIpc) is 2.76. The Morgan fingerprint density at radius 3 is 2.41 bits per heavy atom. The molecule has 0 atom stereocenters. The van der Waals surface area contributed by atoms with Gasteiger partial charge in [0, 0.05) is 30.2 Å². The van der Waals surface area contributed by atoms with Gasteiger partial charge in [-0.25, -0.2) is 4.39 Å². The summed E-state index contributed by atoms with van der Waals surface area (Å²) in [6, 6.07) is 8.10. The van der Waals surface area contributed by atoms with E-state index in [0.29, 0.717) is 12.1 Å². The normalized spacial score (nSPS) is 10.2. The molecule has 0 saturated heterocycles. The predicted octanol–water partition coefficient (Wildman–Crippen LogP) is 2.60. The second-order valence-electron chi connectivity index (χ2n) is 4.96. The maximum absolute atomic E-state index is 13.0. The summed E-state index contributed by atoms with van der Waals surface area (Å²) in [7, 11) is 1.84. The Hall–Kier alpha value is -1.85. The fourth-order valence-corrected chi connectivity index (χ4v) is 2.38. The molecule has 0 radical (unpaired) electrons. The molecular formula is C16H21ClFN3O. The van der Waals surface area contributed by atoms with Crippen molar-refractivity contribution in [1.82, 2.24) is 15.2 Å². The molecular weight excluding hydrogens is 305 g/mol. The van der Waals surface area contributed by atoms with Crippen molar-refractivity contribution in [2.75, 3.05) is 20.1 Å². The number of halogens is 2. The van der Waals surface area contributed by atoms with Gasteiger partial charge in [-0.3, -0.25) is 4.79 Å². The van der Waals surface area contributed by atoms with E-state index in [9.17, 15) is 9.18 Å². The number of nitrogens with one attached hydrogen (secondary N) is 2. The van der Waals surface area contributed by atoms with Crippen LogP contribution in [-0.4, -0.2) is 30.6 Å². The number of likely N-dealkylation sites (N-methyl/N-ethyl adjacent to an activating group) is 1. The van der Waals surface area contributed by atoms with Gasteiger partial charge in [0.2, 0.25) is 0 Å². The van der Waals surface area contributed by atoms with Gasteiger partial charge in [-0.2, -0.15) is 0 Å². The van der Waals surface area contributed by atoms with Crippen molar-refractivity contribution in [2.24, 2.45) is 0 Å². The Kier molecular flexibility index (Phi) is 6.59. The molecule has 6 heteroatoms. The molecule has 0 aliphatic rings. The van der Waals surface area contributed by atoms with Gasteiger partial charge in [-0.1, -0.05) is 0 Å². The number of amides is 1. The predicted molar refractivity (Wildman–Crippen MR) is 88.7 cm³/mol. The third-order valence-corrected chi connectivity index (χ3v) is 3.42. The van der Waals surface area contributed by atoms with Crippen molar-refractivity contribution in [3.8, 4) is 5.69 Å². The number of nitrogens with zero attached hydrogens (tertiary/aromatic N) is 1. The van der Waals surface area contributed by atoms with Crippen molar-refractivity contribution in [1.29, 1.82) is 0 Å². The number of hydrogen-bond donors (Lipinski definition) is 2. The molecule has 1 aromatic carbocycles. The number of hydrogen-bond acceptors (Lipinski definition) is 2. The standard InChI is InChI=1S/C16H20FN3O.ClH/c1-11-10-15(16(21)19-9-8-18-3)12(2)20(11)14-6-4-13(17)5-7-14;/h4-7,10,18H,8-9H2,1-3H3,(H,19,21);1H. The summed E-state index contributed by atoms with van der Waals surface area (Å²) in [6.45, 7) is 5.13. The van der Waals surface area contributed by atoms with Crippen LogP contribution >= 0.6 is 12.4 Å². The molecule has 2 rings (SSSR count). The Morgan fingerprint density at radius 1 is 1.18 bits per heavy atom. The van der Waals surface area contributed by atoms with Crippen LogP contribution in [0.5, 0.6) is 0 Å². The molecule has 1 heterocycles. The molecule has 0 bridgehead atoms. The second-order valence-corrected chi connectivity index (χ2v) is 4.96. The second kappa shape index (κ2) is 7.96. The quantitative estimate of drug-likeness (QED) is 0.830. The van der Waals surface area contributed by atoms with E-state index in [4.69, 9.17) is 0 Å².